The van der Waals surface area contributed by atoms with E-state index >= 15 is 0 Å². The summed E-state index contributed by atoms with van der Waals surface area (Å²) in [6.45, 7) is 0.485. The van der Waals surface area contributed by atoms with Crippen molar-refractivity contribution in [2.24, 2.45) is 0 Å². The van der Waals surface area contributed by atoms with Crippen LogP contribution < -0.4 is 10.6 Å². The molecule has 0 aliphatic rings. The number of nitrogens with one attached hydrogen (secondary N) is 2. The lowest BCUT2D eigenvalue weighted by Crippen LogP contribution is -2.43. The largest absolute Gasteiger partial charge is 0.395 e. The number of urea groups is 1. The number of nitrogens with zero attached hydrogens (tertiary/aromatic N) is 1. The molecule has 0 bridgehead atoms. The molecule has 6 nitrogen and oxygen atoms in total. The SMILES string of the molecule is CNC(=O)NC(=O)CN(C)CCO. The fourth-order valence-corrected chi connectivity index (χ4v) is 0.724. The van der Waals surface area contributed by atoms with Crippen molar-refractivity contribution in [1.29, 1.82) is 0 Å². The summed E-state index contributed by atoms with van der Waals surface area (Å²) in [7, 11) is 3.11. The molecule has 0 radical (unpaired) electrons. The molecule has 0 saturated carbocycles. The number of rotatable bonds is 4. The van der Waals surface area contributed by atoms with Gasteiger partial charge in [-0.3, -0.25) is 15.0 Å². The van der Waals surface area contributed by atoms with Crippen LogP contribution in [0.5, 0.6) is 0 Å². The van der Waals surface area contributed by atoms with Gasteiger partial charge in [0.1, 0.15) is 0 Å². The van der Waals surface area contributed by atoms with Gasteiger partial charge in [-0.15, -0.1) is 0 Å². The fraction of sp³-hybridized carbons (Fsp3) is 0.714. The average molecular weight is 189 g/mol. The first-order valence-corrected chi connectivity index (χ1v) is 3.91. The van der Waals surface area contributed by atoms with Crippen molar-refractivity contribution < 1.29 is 14.7 Å². The number of imide groups is 1. The Bertz CT molecular complexity index is 184. The lowest BCUT2D eigenvalue weighted by atomic mass is 10.5. The van der Waals surface area contributed by atoms with Gasteiger partial charge in [0.25, 0.3) is 0 Å². The Balaban J connectivity index is 3.67. The van der Waals surface area contributed by atoms with E-state index in [2.05, 4.69) is 10.6 Å². The van der Waals surface area contributed by atoms with Crippen LogP contribution in [0.25, 0.3) is 0 Å². The zero-order valence-corrected chi connectivity index (χ0v) is 7.83. The second-order valence-electron chi connectivity index (χ2n) is 2.59. The van der Waals surface area contributed by atoms with Crippen LogP contribution in [0, 0.1) is 0 Å². The summed E-state index contributed by atoms with van der Waals surface area (Å²) in [6, 6.07) is -0.526. The van der Waals surface area contributed by atoms with Crippen molar-refractivity contribution in [2.75, 3.05) is 33.8 Å². The van der Waals surface area contributed by atoms with Crippen LogP contribution in [0.2, 0.25) is 0 Å². The highest BCUT2D eigenvalue weighted by Gasteiger charge is 2.07. The predicted octanol–water partition coefficient (Wildman–Crippen LogP) is -1.63. The summed E-state index contributed by atoms with van der Waals surface area (Å²) < 4.78 is 0. The lowest BCUT2D eigenvalue weighted by Gasteiger charge is -2.13. The molecule has 0 aliphatic carbocycles. The molecule has 0 saturated heterocycles. The maximum absolute atomic E-state index is 11.0. The summed E-state index contributed by atoms with van der Waals surface area (Å²) in [6.07, 6.45) is 0. The fourth-order valence-electron chi connectivity index (χ4n) is 0.724. The average Bonchev–Trinajstić information content (AvgIpc) is 2.04. The summed E-state index contributed by atoms with van der Waals surface area (Å²) >= 11 is 0. The molecule has 0 heterocycles. The molecule has 0 unspecified atom stereocenters. The Labute approximate surface area is 76.9 Å². The van der Waals surface area contributed by atoms with Crippen LogP contribution >= 0.6 is 0 Å². The zero-order valence-electron chi connectivity index (χ0n) is 7.83. The molecule has 6 heteroatoms. The Hall–Kier alpha value is -1.14. The molecule has 76 valence electrons. The van der Waals surface area contributed by atoms with Gasteiger partial charge in [-0.1, -0.05) is 0 Å². The van der Waals surface area contributed by atoms with Crippen molar-refractivity contribution in [1.82, 2.24) is 15.5 Å². The molecule has 0 aromatic heterocycles. The quantitative estimate of drug-likeness (QED) is 0.495. The summed E-state index contributed by atoms with van der Waals surface area (Å²) in [5.74, 6) is -0.393. The molecule has 0 atom stereocenters. The second kappa shape index (κ2) is 6.38. The smallest absolute Gasteiger partial charge is 0.321 e. The number of hydrogen-bond acceptors (Lipinski definition) is 4. The van der Waals surface area contributed by atoms with Gasteiger partial charge in [-0.25, -0.2) is 4.79 Å². The third kappa shape index (κ3) is 6.06. The van der Waals surface area contributed by atoms with Gasteiger partial charge >= 0.3 is 6.03 Å². The predicted molar refractivity (Wildman–Crippen MR) is 47.2 cm³/mol. The Morgan fingerprint density at radius 2 is 2.08 bits per heavy atom. The molecule has 0 spiro atoms. The normalized spacial score (nSPS) is 9.85. The van der Waals surface area contributed by atoms with Crippen molar-refractivity contribution in [3.8, 4) is 0 Å². The Morgan fingerprint density at radius 1 is 1.46 bits per heavy atom. The van der Waals surface area contributed by atoms with Gasteiger partial charge < -0.3 is 10.4 Å². The molecule has 3 amide bonds. The van der Waals surface area contributed by atoms with Gasteiger partial charge in [0.05, 0.1) is 13.2 Å². The number of hydrogen-bond donors (Lipinski definition) is 3. The van der Waals surface area contributed by atoms with E-state index in [-0.39, 0.29) is 13.2 Å². The van der Waals surface area contributed by atoms with Gasteiger partial charge in [-0.2, -0.15) is 0 Å². The van der Waals surface area contributed by atoms with Crippen LogP contribution in [0.1, 0.15) is 0 Å². The monoisotopic (exact) mass is 189 g/mol. The highest BCUT2D eigenvalue weighted by molar-refractivity contribution is 5.95. The van der Waals surface area contributed by atoms with Crippen molar-refractivity contribution in [3.63, 3.8) is 0 Å². The maximum atomic E-state index is 11.0. The minimum absolute atomic E-state index is 0.0102. The zero-order chi connectivity index (χ0) is 10.3. The van der Waals surface area contributed by atoms with E-state index in [1.807, 2.05) is 0 Å². The third-order valence-corrected chi connectivity index (χ3v) is 1.38. The number of amides is 3. The molecule has 0 rings (SSSR count). The number of aliphatic hydroxyl groups is 1. The van der Waals surface area contributed by atoms with E-state index in [0.717, 1.165) is 0 Å². The summed E-state index contributed by atoms with van der Waals surface area (Å²) in [5, 5.41) is 12.9. The molecule has 13 heavy (non-hydrogen) atoms. The van der Waals surface area contributed by atoms with Crippen LogP contribution in [-0.4, -0.2) is 55.7 Å². The van der Waals surface area contributed by atoms with E-state index < -0.39 is 11.9 Å². The Morgan fingerprint density at radius 3 is 2.54 bits per heavy atom. The first kappa shape index (κ1) is 11.9. The molecular weight excluding hydrogens is 174 g/mol. The van der Waals surface area contributed by atoms with Crippen LogP contribution in [-0.2, 0) is 4.79 Å². The van der Waals surface area contributed by atoms with Crippen molar-refractivity contribution in [3.05, 3.63) is 0 Å². The van der Waals surface area contributed by atoms with Gasteiger partial charge in [0.15, 0.2) is 0 Å². The molecule has 0 aromatic carbocycles. The molecular formula is C7H15N3O3. The van der Waals surface area contributed by atoms with E-state index in [0.29, 0.717) is 6.54 Å². The first-order chi connectivity index (χ1) is 6.10. The first-order valence-electron chi connectivity index (χ1n) is 3.91. The number of carbonyl (C=O) groups is 2. The van der Waals surface area contributed by atoms with E-state index in [1.165, 1.54) is 7.05 Å². The van der Waals surface area contributed by atoms with Gasteiger partial charge in [0, 0.05) is 13.6 Å². The third-order valence-electron chi connectivity index (χ3n) is 1.38. The molecule has 0 aliphatic heterocycles. The highest BCUT2D eigenvalue weighted by Crippen LogP contribution is 1.80. The molecule has 0 fully saturated rings. The van der Waals surface area contributed by atoms with Gasteiger partial charge in [0.2, 0.25) is 5.91 Å². The van der Waals surface area contributed by atoms with E-state index in [4.69, 9.17) is 5.11 Å². The molecule has 3 N–H and O–H groups in total. The van der Waals surface area contributed by atoms with Crippen LogP contribution in [0.15, 0.2) is 0 Å². The maximum Gasteiger partial charge on any atom is 0.321 e. The van der Waals surface area contributed by atoms with Crippen molar-refractivity contribution in [2.45, 2.75) is 0 Å². The molecule has 0 aromatic rings. The lowest BCUT2D eigenvalue weighted by molar-refractivity contribution is -0.120. The summed E-state index contributed by atoms with van der Waals surface area (Å²) in [4.78, 5) is 23.3. The minimum atomic E-state index is -0.526. The minimum Gasteiger partial charge on any atom is -0.395 e. The topological polar surface area (TPSA) is 81.7 Å². The number of likely N-dealkylation sites (N-methyl/N-ethyl adjacent to an activating group) is 1. The van der Waals surface area contributed by atoms with Crippen LogP contribution in [0.3, 0.4) is 0 Å². The highest BCUT2D eigenvalue weighted by atomic mass is 16.3. The second-order valence-corrected chi connectivity index (χ2v) is 2.59. The van der Waals surface area contributed by atoms with Crippen LogP contribution in [0.4, 0.5) is 4.79 Å². The standard InChI is InChI=1S/C7H15N3O3/c1-8-7(13)9-6(12)5-10(2)3-4-11/h11H,3-5H2,1-2H3,(H2,8,9,12,13). The van der Waals surface area contributed by atoms with E-state index in [1.54, 1.807) is 11.9 Å². The van der Waals surface area contributed by atoms with Gasteiger partial charge in [-0.05, 0) is 7.05 Å². The summed E-state index contributed by atoms with van der Waals surface area (Å²) in [5.41, 5.74) is 0. The number of aliphatic hydroxyl groups excluding tert-OH is 1. The number of carbonyl (C=O) groups excluding carboxylic acids is 2. The Kier molecular flexibility index (Phi) is 5.82. The van der Waals surface area contributed by atoms with Crippen molar-refractivity contribution >= 4 is 11.9 Å². The van der Waals surface area contributed by atoms with E-state index in [9.17, 15) is 9.59 Å².